The van der Waals surface area contributed by atoms with Gasteiger partial charge < -0.3 is 16.0 Å². The highest BCUT2D eigenvalue weighted by atomic mass is 32.1. The Labute approximate surface area is 185 Å². The lowest BCUT2D eigenvalue weighted by Gasteiger charge is -2.22. The molecule has 2 saturated carbocycles. The lowest BCUT2D eigenvalue weighted by atomic mass is 9.85. The Morgan fingerprint density at radius 3 is 2.55 bits per heavy atom. The summed E-state index contributed by atoms with van der Waals surface area (Å²) in [6, 6.07) is 3.59. The van der Waals surface area contributed by atoms with Gasteiger partial charge in [-0.1, -0.05) is 0 Å². The third-order valence-electron chi connectivity index (χ3n) is 6.22. The van der Waals surface area contributed by atoms with Crippen LogP contribution in [0.1, 0.15) is 52.9 Å². The fourth-order valence-corrected chi connectivity index (χ4v) is 5.27. The Hall–Kier alpha value is -2.74. The largest absolute Gasteiger partial charge is 0.352 e. The van der Waals surface area contributed by atoms with E-state index in [0.717, 1.165) is 49.0 Å². The van der Waals surface area contributed by atoms with Crippen LogP contribution in [-0.4, -0.2) is 29.3 Å². The summed E-state index contributed by atoms with van der Waals surface area (Å²) in [5, 5.41) is 9.63. The van der Waals surface area contributed by atoms with Crippen LogP contribution >= 0.6 is 11.3 Å². The molecule has 1 unspecified atom stereocenters. The van der Waals surface area contributed by atoms with Gasteiger partial charge in [0, 0.05) is 29.5 Å². The van der Waals surface area contributed by atoms with Gasteiger partial charge >= 0.3 is 0 Å². The highest BCUT2D eigenvalue weighted by Crippen LogP contribution is 2.41. The minimum absolute atomic E-state index is 0.000658. The fraction of sp³-hybridized carbons (Fsp3) is 0.478. The number of carbonyl (C=O) groups is 3. The molecule has 1 atom stereocenters. The molecule has 0 radical (unpaired) electrons. The van der Waals surface area contributed by atoms with Crippen LogP contribution in [0.5, 0.6) is 0 Å². The van der Waals surface area contributed by atoms with Crippen LogP contribution in [0.3, 0.4) is 0 Å². The van der Waals surface area contributed by atoms with Crippen LogP contribution < -0.4 is 16.0 Å². The van der Waals surface area contributed by atoms with Crippen molar-refractivity contribution in [2.24, 2.45) is 17.8 Å². The van der Waals surface area contributed by atoms with E-state index in [4.69, 9.17) is 0 Å². The lowest BCUT2D eigenvalue weighted by Crippen LogP contribution is -2.31. The molecule has 0 bridgehead atoms. The topological polar surface area (TPSA) is 100 Å². The predicted molar refractivity (Wildman–Crippen MR) is 119 cm³/mol. The SMILES string of the molecule is O=C(NCC1CC1)c1c(NC(=O)C2CC2)sc2c1CC(C(=O)Nc1cccnc1)CC2. The van der Waals surface area contributed by atoms with E-state index < -0.39 is 0 Å². The van der Waals surface area contributed by atoms with E-state index in [1.54, 1.807) is 18.5 Å². The van der Waals surface area contributed by atoms with E-state index in [1.807, 2.05) is 6.07 Å². The van der Waals surface area contributed by atoms with E-state index in [1.165, 1.54) is 11.3 Å². The van der Waals surface area contributed by atoms with Crippen molar-refractivity contribution in [2.75, 3.05) is 17.2 Å². The lowest BCUT2D eigenvalue weighted by molar-refractivity contribution is -0.120. The highest BCUT2D eigenvalue weighted by molar-refractivity contribution is 7.17. The molecule has 31 heavy (non-hydrogen) atoms. The average molecular weight is 439 g/mol. The van der Waals surface area contributed by atoms with E-state index in [9.17, 15) is 14.4 Å². The van der Waals surface area contributed by atoms with Crippen LogP contribution in [0.15, 0.2) is 24.5 Å². The zero-order valence-electron chi connectivity index (χ0n) is 17.3. The fourth-order valence-electron chi connectivity index (χ4n) is 4.02. The molecule has 0 aliphatic heterocycles. The normalized spacial score (nSPS) is 19.9. The molecule has 0 spiro atoms. The van der Waals surface area contributed by atoms with Gasteiger partial charge in [0.2, 0.25) is 11.8 Å². The first-order valence-electron chi connectivity index (χ1n) is 11.0. The Kier molecular flexibility index (Phi) is 5.48. The van der Waals surface area contributed by atoms with Gasteiger partial charge in [0.15, 0.2) is 0 Å². The van der Waals surface area contributed by atoms with Crippen molar-refractivity contribution >= 4 is 39.7 Å². The highest BCUT2D eigenvalue weighted by Gasteiger charge is 2.35. The van der Waals surface area contributed by atoms with E-state index >= 15 is 0 Å². The Bertz CT molecular complexity index is 1010. The molecule has 2 aromatic rings. The van der Waals surface area contributed by atoms with Gasteiger partial charge in [0.25, 0.3) is 5.91 Å². The van der Waals surface area contributed by atoms with Gasteiger partial charge in [0.1, 0.15) is 5.00 Å². The first-order chi connectivity index (χ1) is 15.1. The van der Waals surface area contributed by atoms with Gasteiger partial charge in [-0.2, -0.15) is 0 Å². The summed E-state index contributed by atoms with van der Waals surface area (Å²) in [5.74, 6) is 0.229. The minimum Gasteiger partial charge on any atom is -0.352 e. The third kappa shape index (κ3) is 4.63. The summed E-state index contributed by atoms with van der Waals surface area (Å²) < 4.78 is 0. The first kappa shape index (κ1) is 20.2. The monoisotopic (exact) mass is 438 g/mol. The summed E-state index contributed by atoms with van der Waals surface area (Å²) in [7, 11) is 0. The summed E-state index contributed by atoms with van der Waals surface area (Å²) >= 11 is 1.50. The van der Waals surface area contributed by atoms with Gasteiger partial charge in [-0.05, 0) is 68.6 Å². The molecule has 3 aliphatic carbocycles. The molecule has 8 heteroatoms. The molecule has 3 aliphatic rings. The number of hydrogen-bond acceptors (Lipinski definition) is 5. The van der Waals surface area contributed by atoms with Crippen molar-refractivity contribution in [3.63, 3.8) is 0 Å². The second kappa shape index (κ2) is 8.42. The number of fused-ring (bicyclic) bond motifs is 1. The number of aromatic nitrogens is 1. The number of nitrogens with zero attached hydrogens (tertiary/aromatic N) is 1. The number of aryl methyl sites for hydroxylation is 1. The second-order valence-corrected chi connectivity index (χ2v) is 9.90. The minimum atomic E-state index is -0.218. The number of nitrogens with one attached hydrogen (secondary N) is 3. The number of amides is 3. The van der Waals surface area contributed by atoms with Gasteiger partial charge in [-0.25, -0.2) is 0 Å². The maximum absolute atomic E-state index is 13.1. The Balaban J connectivity index is 1.36. The Morgan fingerprint density at radius 2 is 1.84 bits per heavy atom. The zero-order valence-corrected chi connectivity index (χ0v) is 18.1. The first-order valence-corrected chi connectivity index (χ1v) is 11.8. The van der Waals surface area contributed by atoms with Crippen LogP contribution in [0.25, 0.3) is 0 Å². The van der Waals surface area contributed by atoms with E-state index in [-0.39, 0.29) is 29.6 Å². The molecule has 3 N–H and O–H groups in total. The number of pyridine rings is 1. The standard InChI is InChI=1S/C23H26N4O3S/c28-20(14-5-6-14)27-23-19(22(30)25-11-13-3-4-13)17-10-15(7-8-18(17)31-23)21(29)26-16-2-1-9-24-12-16/h1-2,9,12-15H,3-8,10-11H2,(H,25,30)(H,26,29)(H,27,28). The summed E-state index contributed by atoms with van der Waals surface area (Å²) in [6.45, 7) is 0.671. The Morgan fingerprint density at radius 1 is 1.03 bits per heavy atom. The smallest absolute Gasteiger partial charge is 0.254 e. The summed E-state index contributed by atoms with van der Waals surface area (Å²) in [4.78, 5) is 43.5. The number of carbonyl (C=O) groups excluding carboxylic acids is 3. The second-order valence-electron chi connectivity index (χ2n) is 8.80. The van der Waals surface area contributed by atoms with Crippen molar-refractivity contribution in [3.8, 4) is 0 Å². The quantitative estimate of drug-likeness (QED) is 0.617. The van der Waals surface area contributed by atoms with Gasteiger partial charge in [-0.15, -0.1) is 11.3 Å². The number of rotatable bonds is 7. The summed E-state index contributed by atoms with van der Waals surface area (Å²) in [5.41, 5.74) is 2.15. The van der Waals surface area contributed by atoms with Crippen molar-refractivity contribution < 1.29 is 14.4 Å². The maximum Gasteiger partial charge on any atom is 0.254 e. The average Bonchev–Trinajstić information content (AvgIpc) is 3.68. The number of hydrogen-bond donors (Lipinski definition) is 3. The molecule has 162 valence electrons. The van der Waals surface area contributed by atoms with Crippen LogP contribution in [-0.2, 0) is 22.4 Å². The molecule has 3 amide bonds. The molecule has 2 aromatic heterocycles. The van der Waals surface area contributed by atoms with Crippen LogP contribution in [0.2, 0.25) is 0 Å². The predicted octanol–water partition coefficient (Wildman–Crippen LogP) is 3.38. The maximum atomic E-state index is 13.1. The summed E-state index contributed by atoms with van der Waals surface area (Å²) in [6.07, 6.45) is 9.38. The molecule has 7 nitrogen and oxygen atoms in total. The van der Waals surface area contributed by atoms with Crippen molar-refractivity contribution in [2.45, 2.75) is 44.9 Å². The molecular weight excluding hydrogens is 412 g/mol. The zero-order chi connectivity index (χ0) is 21.4. The van der Waals surface area contributed by atoms with E-state index in [0.29, 0.717) is 35.1 Å². The van der Waals surface area contributed by atoms with Crippen LogP contribution in [0, 0.1) is 17.8 Å². The number of thiophene rings is 1. The third-order valence-corrected chi connectivity index (χ3v) is 7.43. The van der Waals surface area contributed by atoms with Crippen LogP contribution in [0.4, 0.5) is 10.7 Å². The molecule has 5 rings (SSSR count). The van der Waals surface area contributed by atoms with E-state index in [2.05, 4.69) is 20.9 Å². The molecule has 2 heterocycles. The van der Waals surface area contributed by atoms with Crippen molar-refractivity contribution in [3.05, 3.63) is 40.5 Å². The number of anilines is 2. The molecule has 2 fully saturated rings. The van der Waals surface area contributed by atoms with Gasteiger partial charge in [-0.3, -0.25) is 19.4 Å². The molecular formula is C23H26N4O3S. The van der Waals surface area contributed by atoms with Crippen molar-refractivity contribution in [1.82, 2.24) is 10.3 Å². The molecule has 0 saturated heterocycles. The molecule has 0 aromatic carbocycles. The van der Waals surface area contributed by atoms with Crippen molar-refractivity contribution in [1.29, 1.82) is 0 Å². The van der Waals surface area contributed by atoms with Gasteiger partial charge in [0.05, 0.1) is 17.4 Å².